The molecule has 1 N–H and O–H groups in total. The number of benzene rings is 2. The van der Waals surface area contributed by atoms with E-state index < -0.39 is 0 Å². The van der Waals surface area contributed by atoms with Crippen LogP contribution in [0.1, 0.15) is 24.6 Å². The van der Waals surface area contributed by atoms with E-state index in [9.17, 15) is 4.79 Å². The first-order valence-electron chi connectivity index (χ1n) is 11.0. The fourth-order valence-electron chi connectivity index (χ4n) is 3.92. The van der Waals surface area contributed by atoms with E-state index in [0.717, 1.165) is 52.9 Å². The molecule has 1 aliphatic rings. The topological polar surface area (TPSA) is 70.6 Å². The van der Waals surface area contributed by atoms with Crippen LogP contribution in [0, 0.1) is 0 Å². The molecule has 166 valence electrons. The Kier molecular flexibility index (Phi) is 6.54. The standard InChI is InChI=1S/C25H29N5O2/c1-4-15-29(2)24-21-17-30(25(31)26-19-10-12-20(32-3)13-11-19)16-14-22(21)27-23(28-24)18-8-6-5-7-9-18/h5-13H,4,14-17H2,1-3H3,(H,26,31). The molecule has 1 aromatic heterocycles. The summed E-state index contributed by atoms with van der Waals surface area (Å²) in [6.45, 7) is 4.12. The van der Waals surface area contributed by atoms with E-state index in [1.165, 1.54) is 0 Å². The minimum Gasteiger partial charge on any atom is -0.497 e. The number of urea groups is 1. The molecule has 0 unspecified atom stereocenters. The van der Waals surface area contributed by atoms with Gasteiger partial charge >= 0.3 is 6.03 Å². The van der Waals surface area contributed by atoms with Gasteiger partial charge in [0.15, 0.2) is 5.82 Å². The molecule has 3 aromatic rings. The van der Waals surface area contributed by atoms with Crippen molar-refractivity contribution >= 4 is 17.5 Å². The van der Waals surface area contributed by atoms with Crippen molar-refractivity contribution in [2.75, 3.05) is 37.5 Å². The predicted octanol–water partition coefficient (Wildman–Crippen LogP) is 4.59. The van der Waals surface area contributed by atoms with Gasteiger partial charge in [0, 0.05) is 43.4 Å². The number of methoxy groups -OCH3 is 1. The van der Waals surface area contributed by atoms with Crippen LogP contribution in [0.4, 0.5) is 16.3 Å². The van der Waals surface area contributed by atoms with Gasteiger partial charge < -0.3 is 19.9 Å². The Morgan fingerprint density at radius 3 is 2.56 bits per heavy atom. The third-order valence-electron chi connectivity index (χ3n) is 5.62. The van der Waals surface area contributed by atoms with Crippen molar-refractivity contribution in [1.29, 1.82) is 0 Å². The number of aromatic nitrogens is 2. The zero-order valence-corrected chi connectivity index (χ0v) is 18.8. The summed E-state index contributed by atoms with van der Waals surface area (Å²) in [5.41, 5.74) is 3.78. The molecule has 0 saturated carbocycles. The van der Waals surface area contributed by atoms with Crippen molar-refractivity contribution in [2.45, 2.75) is 26.3 Å². The highest BCUT2D eigenvalue weighted by Crippen LogP contribution is 2.29. The van der Waals surface area contributed by atoms with Crippen LogP contribution in [0.3, 0.4) is 0 Å². The zero-order chi connectivity index (χ0) is 22.5. The molecule has 7 nitrogen and oxygen atoms in total. The number of amides is 2. The lowest BCUT2D eigenvalue weighted by atomic mass is 10.0. The first kappa shape index (κ1) is 21.6. The summed E-state index contributed by atoms with van der Waals surface area (Å²) in [6.07, 6.45) is 1.71. The van der Waals surface area contributed by atoms with Crippen molar-refractivity contribution in [1.82, 2.24) is 14.9 Å². The largest absolute Gasteiger partial charge is 0.497 e. The van der Waals surface area contributed by atoms with Crippen LogP contribution in [0.2, 0.25) is 0 Å². The number of rotatable bonds is 6. The quantitative estimate of drug-likeness (QED) is 0.618. The normalized spacial score (nSPS) is 12.8. The minimum atomic E-state index is -0.128. The number of hydrogen-bond acceptors (Lipinski definition) is 5. The Labute approximate surface area is 189 Å². The fraction of sp³-hybridized carbons (Fsp3) is 0.320. The number of carbonyl (C=O) groups is 1. The minimum absolute atomic E-state index is 0.128. The number of ether oxygens (including phenoxy) is 1. The Morgan fingerprint density at radius 2 is 1.88 bits per heavy atom. The van der Waals surface area contributed by atoms with Gasteiger partial charge in [-0.2, -0.15) is 0 Å². The summed E-state index contributed by atoms with van der Waals surface area (Å²) in [4.78, 5) is 26.7. The maximum absolute atomic E-state index is 13.0. The number of nitrogens with zero attached hydrogens (tertiary/aromatic N) is 4. The number of fused-ring (bicyclic) bond motifs is 1. The van der Waals surface area contributed by atoms with Gasteiger partial charge in [-0.25, -0.2) is 14.8 Å². The average Bonchev–Trinajstić information content (AvgIpc) is 2.84. The smallest absolute Gasteiger partial charge is 0.322 e. The van der Waals surface area contributed by atoms with E-state index in [-0.39, 0.29) is 6.03 Å². The van der Waals surface area contributed by atoms with Crippen LogP contribution in [0.15, 0.2) is 54.6 Å². The summed E-state index contributed by atoms with van der Waals surface area (Å²) < 4.78 is 5.18. The number of hydrogen-bond donors (Lipinski definition) is 1. The van der Waals surface area contributed by atoms with E-state index in [0.29, 0.717) is 19.5 Å². The summed E-state index contributed by atoms with van der Waals surface area (Å²) in [5.74, 6) is 2.39. The average molecular weight is 432 g/mol. The number of anilines is 2. The monoisotopic (exact) mass is 431 g/mol. The van der Waals surface area contributed by atoms with Crippen LogP contribution in [-0.2, 0) is 13.0 Å². The molecule has 0 bridgehead atoms. The van der Waals surface area contributed by atoms with Crippen LogP contribution in [0.25, 0.3) is 11.4 Å². The molecule has 0 saturated heterocycles. The second-order valence-electron chi connectivity index (χ2n) is 7.91. The number of nitrogens with one attached hydrogen (secondary N) is 1. The highest BCUT2D eigenvalue weighted by Gasteiger charge is 2.27. The van der Waals surface area contributed by atoms with Gasteiger partial charge in [-0.15, -0.1) is 0 Å². The summed E-state index contributed by atoms with van der Waals surface area (Å²) in [5, 5.41) is 2.98. The Hall–Kier alpha value is -3.61. The molecule has 1 aliphatic heterocycles. The lowest BCUT2D eigenvalue weighted by molar-refractivity contribution is 0.206. The predicted molar refractivity (Wildman–Crippen MR) is 127 cm³/mol. The van der Waals surface area contributed by atoms with Crippen molar-refractivity contribution in [3.8, 4) is 17.1 Å². The van der Waals surface area contributed by atoms with E-state index in [4.69, 9.17) is 14.7 Å². The molecular formula is C25H29N5O2. The summed E-state index contributed by atoms with van der Waals surface area (Å²) >= 11 is 0. The molecule has 2 heterocycles. The highest BCUT2D eigenvalue weighted by molar-refractivity contribution is 5.89. The molecule has 2 amide bonds. The molecular weight excluding hydrogens is 402 g/mol. The van der Waals surface area contributed by atoms with Crippen LogP contribution in [0.5, 0.6) is 5.75 Å². The Balaban J connectivity index is 1.60. The third kappa shape index (κ3) is 4.66. The zero-order valence-electron chi connectivity index (χ0n) is 18.8. The second-order valence-corrected chi connectivity index (χ2v) is 7.91. The molecule has 4 rings (SSSR count). The summed E-state index contributed by atoms with van der Waals surface area (Å²) in [6, 6.07) is 17.3. The van der Waals surface area contributed by atoms with Crippen LogP contribution >= 0.6 is 0 Å². The molecule has 32 heavy (non-hydrogen) atoms. The van der Waals surface area contributed by atoms with Gasteiger partial charge in [-0.1, -0.05) is 37.3 Å². The van der Waals surface area contributed by atoms with Gasteiger partial charge in [0.2, 0.25) is 0 Å². The summed E-state index contributed by atoms with van der Waals surface area (Å²) in [7, 11) is 3.68. The fourth-order valence-corrected chi connectivity index (χ4v) is 3.92. The van der Waals surface area contributed by atoms with Gasteiger partial charge in [-0.3, -0.25) is 0 Å². The van der Waals surface area contributed by atoms with Crippen LogP contribution in [-0.4, -0.2) is 48.1 Å². The van der Waals surface area contributed by atoms with E-state index in [1.54, 1.807) is 7.11 Å². The van der Waals surface area contributed by atoms with Crippen LogP contribution < -0.4 is 15.0 Å². The lowest BCUT2D eigenvalue weighted by Crippen LogP contribution is -2.40. The van der Waals surface area contributed by atoms with E-state index >= 15 is 0 Å². The Bertz CT molecular complexity index is 1070. The van der Waals surface area contributed by atoms with Crippen molar-refractivity contribution < 1.29 is 9.53 Å². The number of carbonyl (C=O) groups excluding carboxylic acids is 1. The highest BCUT2D eigenvalue weighted by atomic mass is 16.5. The van der Waals surface area contributed by atoms with Gasteiger partial charge in [0.05, 0.1) is 19.3 Å². The molecule has 0 aliphatic carbocycles. The SMILES string of the molecule is CCCN(C)c1nc(-c2ccccc2)nc2c1CN(C(=O)Nc1ccc(OC)cc1)CC2. The van der Waals surface area contributed by atoms with Crippen molar-refractivity contribution in [3.05, 3.63) is 65.9 Å². The van der Waals surface area contributed by atoms with Crippen molar-refractivity contribution in [3.63, 3.8) is 0 Å². The molecule has 2 aromatic carbocycles. The molecule has 0 fully saturated rings. The maximum atomic E-state index is 13.0. The first-order valence-corrected chi connectivity index (χ1v) is 11.0. The van der Waals surface area contributed by atoms with E-state index in [2.05, 4.69) is 24.2 Å². The first-order chi connectivity index (χ1) is 15.6. The molecule has 0 atom stereocenters. The van der Waals surface area contributed by atoms with Gasteiger partial charge in [0.25, 0.3) is 0 Å². The molecule has 7 heteroatoms. The maximum Gasteiger partial charge on any atom is 0.322 e. The van der Waals surface area contributed by atoms with Crippen molar-refractivity contribution in [2.24, 2.45) is 0 Å². The van der Waals surface area contributed by atoms with E-state index in [1.807, 2.05) is 59.5 Å². The second kappa shape index (κ2) is 9.68. The Morgan fingerprint density at radius 1 is 1.12 bits per heavy atom. The molecule has 0 spiro atoms. The van der Waals surface area contributed by atoms with Gasteiger partial charge in [-0.05, 0) is 30.7 Å². The third-order valence-corrected chi connectivity index (χ3v) is 5.62. The molecule has 0 radical (unpaired) electrons. The van der Waals surface area contributed by atoms with Gasteiger partial charge in [0.1, 0.15) is 11.6 Å². The lowest BCUT2D eigenvalue weighted by Gasteiger charge is -2.32.